The molecule has 0 bridgehead atoms. The van der Waals surface area contributed by atoms with Gasteiger partial charge in [-0.05, 0) is 12.8 Å². The molecule has 1 aromatic rings. The van der Waals surface area contributed by atoms with Crippen LogP contribution in [0.5, 0.6) is 0 Å². The average Bonchev–Trinajstić information content (AvgIpc) is 2.32. The Kier molecular flexibility index (Phi) is 6.22. The van der Waals surface area contributed by atoms with Crippen LogP contribution in [0.2, 0.25) is 0 Å². The molecule has 0 saturated carbocycles. The minimum absolute atomic E-state index is 0. The van der Waals surface area contributed by atoms with Crippen LogP contribution >= 0.6 is 12.4 Å². The smallest absolute Gasteiger partial charge is 0.320 e. The first kappa shape index (κ1) is 18.9. The molecule has 1 rings (SSSR count). The van der Waals surface area contributed by atoms with E-state index in [0.29, 0.717) is 0 Å². The molecule has 0 spiro atoms. The normalized spacial score (nSPS) is 13.1. The first-order chi connectivity index (χ1) is 8.57. The molecule has 0 saturated heterocycles. The van der Waals surface area contributed by atoms with Gasteiger partial charge in [-0.15, -0.1) is 12.4 Å². The lowest BCUT2D eigenvalue weighted by Crippen LogP contribution is -2.37. The molecule has 1 unspecified atom stereocenters. The SMILES string of the molecule is Cl.NC(CCc1c(F)c(F)c(F)c(F)c1F)C(F)(F)F. The molecule has 1 nitrogen and oxygen atoms in total. The fraction of sp³-hybridized carbons (Fsp3) is 0.400. The summed E-state index contributed by atoms with van der Waals surface area (Å²) in [7, 11) is 0. The first-order valence-electron chi connectivity index (χ1n) is 4.90. The molecule has 0 fully saturated rings. The number of nitrogens with two attached hydrogens (primary N) is 1. The van der Waals surface area contributed by atoms with E-state index in [1.807, 2.05) is 0 Å². The van der Waals surface area contributed by atoms with Crippen molar-refractivity contribution in [3.8, 4) is 0 Å². The highest BCUT2D eigenvalue weighted by Crippen LogP contribution is 2.26. The molecule has 0 aliphatic heterocycles. The molecule has 0 aliphatic rings. The van der Waals surface area contributed by atoms with Crippen molar-refractivity contribution in [3.63, 3.8) is 0 Å². The first-order valence-corrected chi connectivity index (χ1v) is 4.90. The molecular formula is C10H8ClF8N. The number of rotatable bonds is 3. The van der Waals surface area contributed by atoms with Crippen LogP contribution in [-0.4, -0.2) is 12.2 Å². The van der Waals surface area contributed by atoms with Gasteiger partial charge in [0.1, 0.15) is 6.04 Å². The summed E-state index contributed by atoms with van der Waals surface area (Å²) in [6.45, 7) is 0. The van der Waals surface area contributed by atoms with E-state index in [2.05, 4.69) is 5.73 Å². The van der Waals surface area contributed by atoms with Crippen LogP contribution in [-0.2, 0) is 6.42 Å². The van der Waals surface area contributed by atoms with Crippen LogP contribution in [0, 0.1) is 29.1 Å². The van der Waals surface area contributed by atoms with Crippen molar-refractivity contribution < 1.29 is 35.1 Å². The maximum atomic E-state index is 13.1. The van der Waals surface area contributed by atoms with Gasteiger partial charge in [-0.3, -0.25) is 0 Å². The van der Waals surface area contributed by atoms with Crippen molar-refractivity contribution in [2.24, 2.45) is 5.73 Å². The van der Waals surface area contributed by atoms with Crippen molar-refractivity contribution in [3.05, 3.63) is 34.6 Å². The summed E-state index contributed by atoms with van der Waals surface area (Å²) in [5.41, 5.74) is 3.36. The molecule has 10 heteroatoms. The van der Waals surface area contributed by atoms with Crippen LogP contribution in [0.15, 0.2) is 0 Å². The molecule has 0 heterocycles. The van der Waals surface area contributed by atoms with E-state index in [9.17, 15) is 35.1 Å². The second kappa shape index (κ2) is 6.57. The van der Waals surface area contributed by atoms with E-state index < -0.39 is 59.7 Å². The van der Waals surface area contributed by atoms with E-state index in [1.165, 1.54) is 0 Å². The second-order valence-electron chi connectivity index (χ2n) is 3.74. The Balaban J connectivity index is 0.00000361. The van der Waals surface area contributed by atoms with E-state index in [0.717, 1.165) is 0 Å². The number of alkyl halides is 3. The van der Waals surface area contributed by atoms with Crippen molar-refractivity contribution in [1.82, 2.24) is 0 Å². The van der Waals surface area contributed by atoms with Gasteiger partial charge in [0, 0.05) is 5.56 Å². The Bertz CT molecular complexity index is 458. The van der Waals surface area contributed by atoms with Crippen LogP contribution in [0.3, 0.4) is 0 Å². The molecule has 0 aromatic heterocycles. The van der Waals surface area contributed by atoms with Crippen molar-refractivity contribution in [2.75, 3.05) is 0 Å². The van der Waals surface area contributed by atoms with Gasteiger partial charge in [0.05, 0.1) is 0 Å². The average molecular weight is 330 g/mol. The van der Waals surface area contributed by atoms with E-state index in [1.54, 1.807) is 0 Å². The third-order valence-electron chi connectivity index (χ3n) is 2.43. The van der Waals surface area contributed by atoms with Gasteiger partial charge in [-0.1, -0.05) is 0 Å². The topological polar surface area (TPSA) is 26.0 Å². The highest BCUT2D eigenvalue weighted by Gasteiger charge is 2.37. The van der Waals surface area contributed by atoms with Crippen molar-refractivity contribution in [1.29, 1.82) is 0 Å². The summed E-state index contributed by atoms with van der Waals surface area (Å²) in [4.78, 5) is 0. The summed E-state index contributed by atoms with van der Waals surface area (Å²) in [6, 6.07) is -2.41. The predicted octanol–water partition coefficient (Wildman–Crippen LogP) is 3.63. The van der Waals surface area contributed by atoms with Gasteiger partial charge in [0.25, 0.3) is 0 Å². The van der Waals surface area contributed by atoms with Gasteiger partial charge in [-0.25, -0.2) is 22.0 Å². The summed E-state index contributed by atoms with van der Waals surface area (Å²) < 4.78 is 101. The summed E-state index contributed by atoms with van der Waals surface area (Å²) in [6.07, 6.45) is -6.83. The Morgan fingerprint density at radius 3 is 1.50 bits per heavy atom. The Morgan fingerprint density at radius 1 is 0.800 bits per heavy atom. The van der Waals surface area contributed by atoms with Gasteiger partial charge in [0.15, 0.2) is 23.3 Å². The number of hydrogen-bond acceptors (Lipinski definition) is 1. The van der Waals surface area contributed by atoms with Gasteiger partial charge in [-0.2, -0.15) is 13.2 Å². The molecule has 20 heavy (non-hydrogen) atoms. The zero-order valence-electron chi connectivity index (χ0n) is 9.50. The molecule has 0 radical (unpaired) electrons. The lowest BCUT2D eigenvalue weighted by Gasteiger charge is -2.16. The molecule has 1 aromatic carbocycles. The van der Waals surface area contributed by atoms with Gasteiger partial charge in [0.2, 0.25) is 5.82 Å². The Morgan fingerprint density at radius 2 is 1.15 bits per heavy atom. The quantitative estimate of drug-likeness (QED) is 0.511. The predicted molar refractivity (Wildman–Crippen MR) is 55.8 cm³/mol. The number of benzene rings is 1. The molecule has 116 valence electrons. The molecule has 2 N–H and O–H groups in total. The second-order valence-corrected chi connectivity index (χ2v) is 3.74. The maximum absolute atomic E-state index is 13.1. The van der Waals surface area contributed by atoms with Crippen LogP contribution < -0.4 is 5.73 Å². The van der Waals surface area contributed by atoms with E-state index in [4.69, 9.17) is 0 Å². The van der Waals surface area contributed by atoms with Crippen LogP contribution in [0.25, 0.3) is 0 Å². The fourth-order valence-electron chi connectivity index (χ4n) is 1.33. The van der Waals surface area contributed by atoms with Gasteiger partial charge < -0.3 is 5.73 Å². The van der Waals surface area contributed by atoms with E-state index in [-0.39, 0.29) is 12.4 Å². The monoisotopic (exact) mass is 329 g/mol. The fourth-order valence-corrected chi connectivity index (χ4v) is 1.33. The maximum Gasteiger partial charge on any atom is 0.403 e. The lowest BCUT2D eigenvalue weighted by atomic mass is 10.0. The number of halogens is 9. The third-order valence-corrected chi connectivity index (χ3v) is 2.43. The largest absolute Gasteiger partial charge is 0.403 e. The zero-order chi connectivity index (χ0) is 15.0. The number of hydrogen-bond donors (Lipinski definition) is 1. The third kappa shape index (κ3) is 3.72. The summed E-state index contributed by atoms with van der Waals surface area (Å²) in [5, 5.41) is 0. The lowest BCUT2D eigenvalue weighted by molar-refractivity contribution is -0.148. The Labute approximate surface area is 114 Å². The summed E-state index contributed by atoms with van der Waals surface area (Å²) >= 11 is 0. The van der Waals surface area contributed by atoms with E-state index >= 15 is 0 Å². The van der Waals surface area contributed by atoms with Crippen LogP contribution in [0.4, 0.5) is 35.1 Å². The zero-order valence-corrected chi connectivity index (χ0v) is 10.3. The minimum Gasteiger partial charge on any atom is -0.320 e. The standard InChI is InChI=1S/C10H7F8N.ClH/c11-5-3(1-2-4(19)10(16,17)18)6(12)8(14)9(15)7(5)13;/h4H,1-2,19H2;1H. The molecule has 0 aliphatic carbocycles. The highest BCUT2D eigenvalue weighted by atomic mass is 35.5. The molecule has 0 amide bonds. The van der Waals surface area contributed by atoms with Crippen molar-refractivity contribution in [2.45, 2.75) is 25.1 Å². The minimum atomic E-state index is -4.82. The van der Waals surface area contributed by atoms with Crippen molar-refractivity contribution >= 4 is 12.4 Å². The molecular weight excluding hydrogens is 322 g/mol. The molecule has 1 atom stereocenters. The van der Waals surface area contributed by atoms with Crippen LogP contribution in [0.1, 0.15) is 12.0 Å². The Hall–Kier alpha value is -1.09. The highest BCUT2D eigenvalue weighted by molar-refractivity contribution is 5.85. The summed E-state index contributed by atoms with van der Waals surface area (Å²) in [5.74, 6) is -11.1. The van der Waals surface area contributed by atoms with Gasteiger partial charge >= 0.3 is 6.18 Å².